The van der Waals surface area contributed by atoms with Crippen molar-refractivity contribution in [1.82, 2.24) is 0 Å². The summed E-state index contributed by atoms with van der Waals surface area (Å²) in [5, 5.41) is 6.64. The summed E-state index contributed by atoms with van der Waals surface area (Å²) in [4.78, 5) is 0. The Bertz CT molecular complexity index is 1200. The largest absolute Gasteiger partial charge is 0.126 e. The third kappa shape index (κ3) is 6.35. The highest BCUT2D eigenvalue weighted by Crippen LogP contribution is 2.62. The van der Waals surface area contributed by atoms with Crippen LogP contribution in [0.25, 0.3) is 0 Å². The Labute approximate surface area is 247 Å². The molecule has 0 saturated carbocycles. The lowest BCUT2D eigenvalue weighted by Gasteiger charge is -2.55. The van der Waals surface area contributed by atoms with Crippen LogP contribution < -0.4 is 10.6 Å². The van der Waals surface area contributed by atoms with Gasteiger partial charge in [-0.25, -0.2) is 0 Å². The van der Waals surface area contributed by atoms with E-state index in [2.05, 4.69) is 159 Å². The predicted octanol–water partition coefficient (Wildman–Crippen LogP) is 10.0. The molecule has 0 fully saturated rings. The number of hydrogen-bond acceptors (Lipinski definition) is 0. The van der Waals surface area contributed by atoms with Crippen molar-refractivity contribution in [2.45, 2.75) is 99.8 Å². The predicted molar refractivity (Wildman–Crippen MR) is 190 cm³/mol. The first kappa shape index (κ1) is 32.7. The van der Waals surface area contributed by atoms with Gasteiger partial charge in [0.05, 0.1) is 16.1 Å². The van der Waals surface area contributed by atoms with Crippen LogP contribution in [0.4, 0.5) is 0 Å². The van der Waals surface area contributed by atoms with Crippen molar-refractivity contribution in [3.05, 3.63) is 81.7 Å². The monoisotopic (exact) mass is 594 g/mol. The zero-order chi connectivity index (χ0) is 29.8. The molecule has 0 spiro atoms. The molecule has 39 heavy (non-hydrogen) atoms. The van der Waals surface area contributed by atoms with Gasteiger partial charge in [-0.1, -0.05) is 151 Å². The van der Waals surface area contributed by atoms with Crippen LogP contribution in [0, 0.1) is 30.6 Å². The second kappa shape index (κ2) is 11.1. The van der Waals surface area contributed by atoms with E-state index in [4.69, 9.17) is 0 Å². The molecule has 0 bridgehead atoms. The van der Waals surface area contributed by atoms with Gasteiger partial charge in [-0.15, -0.1) is 9.24 Å². The molecule has 0 N–H and O–H groups in total. The van der Waals surface area contributed by atoms with Gasteiger partial charge in [0.15, 0.2) is 0 Å². The summed E-state index contributed by atoms with van der Waals surface area (Å²) < 4.78 is 0. The van der Waals surface area contributed by atoms with Crippen molar-refractivity contribution < 1.29 is 0 Å². The Hall–Kier alpha value is -0.786. The number of allylic oxidation sites excluding steroid dienone is 4. The number of benzene rings is 2. The van der Waals surface area contributed by atoms with Crippen LogP contribution in [0.15, 0.2) is 70.6 Å². The molecule has 3 rings (SSSR count). The lowest BCUT2D eigenvalue weighted by molar-refractivity contribution is 0.165. The molecule has 0 nitrogen and oxygen atoms in total. The van der Waals surface area contributed by atoms with Crippen LogP contribution in [0.3, 0.4) is 0 Å². The smallest absolute Gasteiger partial charge is 0.0774 e. The van der Waals surface area contributed by atoms with Gasteiger partial charge in [-0.3, -0.25) is 0 Å². The molecule has 2 atom stereocenters. The van der Waals surface area contributed by atoms with Gasteiger partial charge in [0.2, 0.25) is 0 Å². The van der Waals surface area contributed by atoms with Crippen molar-refractivity contribution in [2.24, 2.45) is 16.7 Å². The van der Waals surface area contributed by atoms with E-state index in [1.807, 2.05) is 0 Å². The summed E-state index contributed by atoms with van der Waals surface area (Å²) in [6.45, 7) is 35.0. The minimum Gasteiger partial charge on any atom is -0.126 e. The van der Waals surface area contributed by atoms with Crippen molar-refractivity contribution >= 4 is 43.9 Å². The first-order chi connectivity index (χ1) is 17.6. The third-order valence-corrected chi connectivity index (χ3v) is 18.1. The van der Waals surface area contributed by atoms with E-state index in [-0.39, 0.29) is 16.0 Å². The van der Waals surface area contributed by atoms with E-state index in [0.29, 0.717) is 5.92 Å². The highest BCUT2D eigenvalue weighted by atomic mass is 31.1. The fraction of sp³-hybridized carbons (Fsp3) is 0.543. The molecule has 1 aliphatic carbocycles. The molecule has 0 aliphatic heterocycles. The van der Waals surface area contributed by atoms with Crippen LogP contribution >= 0.6 is 17.2 Å². The van der Waals surface area contributed by atoms with Gasteiger partial charge in [0, 0.05) is 11.1 Å². The van der Waals surface area contributed by atoms with E-state index in [1.165, 1.54) is 17.3 Å². The van der Waals surface area contributed by atoms with E-state index >= 15 is 0 Å². The highest BCUT2D eigenvalue weighted by molar-refractivity contribution is 7.73. The molecule has 0 radical (unpaired) electrons. The summed E-state index contributed by atoms with van der Waals surface area (Å²) in [6.07, 6.45) is 3.99. The van der Waals surface area contributed by atoms with E-state index in [1.54, 1.807) is 26.6 Å². The maximum absolute atomic E-state index is 3.51. The van der Waals surface area contributed by atoms with Gasteiger partial charge >= 0.3 is 0 Å². The molecular weight excluding hydrogens is 539 g/mol. The quantitative estimate of drug-likeness (QED) is 0.221. The molecule has 0 aromatic heterocycles. The summed E-state index contributed by atoms with van der Waals surface area (Å²) in [7, 11) is -0.244. The fourth-order valence-electron chi connectivity index (χ4n) is 6.95. The number of aryl methyl sites for hydroxylation is 2. The minimum absolute atomic E-state index is 0.0172. The van der Waals surface area contributed by atoms with Crippen LogP contribution in [-0.4, -0.2) is 27.5 Å². The first-order valence-electron chi connectivity index (χ1n) is 14.8. The Morgan fingerprint density at radius 3 is 1.44 bits per heavy atom. The summed E-state index contributed by atoms with van der Waals surface area (Å²) in [6, 6.07) is 18.4. The first-order valence-corrected chi connectivity index (χ1v) is 23.9. The van der Waals surface area contributed by atoms with Crippen molar-refractivity contribution in [3.63, 3.8) is 0 Å². The van der Waals surface area contributed by atoms with E-state index in [9.17, 15) is 0 Å². The maximum Gasteiger partial charge on any atom is 0.0774 e. The summed E-state index contributed by atoms with van der Waals surface area (Å²) >= 11 is 0. The molecule has 0 saturated heterocycles. The van der Waals surface area contributed by atoms with Gasteiger partial charge in [0.1, 0.15) is 0 Å². The number of rotatable bonds is 7. The van der Waals surface area contributed by atoms with Crippen LogP contribution in [0.5, 0.6) is 0 Å². The molecule has 2 aromatic rings. The van der Waals surface area contributed by atoms with Crippen molar-refractivity contribution in [2.75, 3.05) is 6.16 Å². The highest BCUT2D eigenvalue weighted by Gasteiger charge is 2.55. The van der Waals surface area contributed by atoms with Gasteiger partial charge < -0.3 is 0 Å². The summed E-state index contributed by atoms with van der Waals surface area (Å²) in [5.41, 5.74) is 4.83. The molecular formula is C35H56P2Si2. The average molecular weight is 595 g/mol. The second-order valence-electron chi connectivity index (χ2n) is 16.0. The van der Waals surface area contributed by atoms with Crippen LogP contribution in [-0.2, 0) is 0 Å². The van der Waals surface area contributed by atoms with Crippen LogP contribution in [0.1, 0.15) is 52.7 Å². The van der Waals surface area contributed by atoms with Crippen molar-refractivity contribution in [1.29, 1.82) is 0 Å². The number of hydrogen-bond donors (Lipinski definition) is 0. The van der Waals surface area contributed by atoms with E-state index < -0.39 is 24.1 Å². The van der Waals surface area contributed by atoms with Crippen LogP contribution in [0.2, 0.25) is 39.3 Å². The van der Waals surface area contributed by atoms with Gasteiger partial charge in [-0.2, -0.15) is 0 Å². The lowest BCUT2D eigenvalue weighted by atomic mass is 9.60. The minimum atomic E-state index is -1.66. The topological polar surface area (TPSA) is 0 Å². The Morgan fingerprint density at radius 1 is 0.692 bits per heavy atom. The Kier molecular flexibility index (Phi) is 9.34. The molecule has 4 heteroatoms. The zero-order valence-corrected chi connectivity index (χ0v) is 31.6. The molecule has 0 amide bonds. The van der Waals surface area contributed by atoms with Gasteiger partial charge in [0.25, 0.3) is 0 Å². The molecule has 0 heterocycles. The van der Waals surface area contributed by atoms with Gasteiger partial charge in [-0.05, 0) is 60.5 Å². The third-order valence-electron chi connectivity index (χ3n) is 8.82. The second-order valence-corrected chi connectivity index (χ2v) is 29.1. The standard InChI is InChI=1S/C35H56P2Si2/c1-25-19-15-17-21-28(25)37(29-22-18-16-20-26(29)2)24-27-23-30(38(9,10)11)32(39(12,13)14)31(27)35(36,33(3,4)5)34(6,7)8/h15-23,27H,24,36H2,1-14H3. The molecule has 2 aromatic carbocycles. The lowest BCUT2D eigenvalue weighted by Crippen LogP contribution is -2.52. The fourth-order valence-corrected chi connectivity index (χ4v) is 16.2. The SMILES string of the molecule is Cc1ccccc1P(CC1C=C([Si](C)(C)C)C([Si](C)(C)C)=C1C(P)(C(C)(C)C)C(C)(C)C)c1ccccc1C. The molecule has 2 unspecified atom stereocenters. The Balaban J connectivity index is 2.41. The normalized spacial score (nSPS) is 17.7. The molecule has 214 valence electrons. The van der Waals surface area contributed by atoms with Crippen molar-refractivity contribution in [3.8, 4) is 0 Å². The average Bonchev–Trinajstić information content (AvgIpc) is 3.17. The summed E-state index contributed by atoms with van der Waals surface area (Å²) in [5.74, 6) is 0.453. The molecule has 1 aliphatic rings. The maximum atomic E-state index is 3.51. The zero-order valence-electron chi connectivity index (χ0n) is 27.5. The van der Waals surface area contributed by atoms with E-state index in [0.717, 1.165) is 0 Å². The Morgan fingerprint density at radius 2 is 1.10 bits per heavy atom.